The minimum Gasteiger partial charge on any atom is -0.317 e. The summed E-state index contributed by atoms with van der Waals surface area (Å²) in [5.41, 5.74) is 2.75. The molecule has 0 saturated carbocycles. The van der Waals surface area contributed by atoms with E-state index in [2.05, 4.69) is 62.3 Å². The minimum absolute atomic E-state index is 0.620. The Hall–Kier alpha value is -0.860. The lowest BCUT2D eigenvalue weighted by Gasteiger charge is -2.25. The van der Waals surface area contributed by atoms with Crippen LogP contribution in [-0.4, -0.2) is 31.1 Å². The Morgan fingerprint density at radius 2 is 2.12 bits per heavy atom. The van der Waals surface area contributed by atoms with Crippen molar-refractivity contribution in [2.24, 2.45) is 0 Å². The summed E-state index contributed by atoms with van der Waals surface area (Å²) in [7, 11) is 2.21. The third-order valence-corrected chi connectivity index (χ3v) is 3.26. The van der Waals surface area contributed by atoms with Crippen molar-refractivity contribution in [2.45, 2.75) is 39.8 Å². The Bertz CT molecular complexity index is 322. The molecule has 0 fully saturated rings. The lowest BCUT2D eigenvalue weighted by molar-refractivity contribution is 0.237. The quantitative estimate of drug-likeness (QED) is 0.730. The van der Waals surface area contributed by atoms with Crippen LogP contribution in [-0.2, 0) is 6.54 Å². The Morgan fingerprint density at radius 3 is 2.76 bits per heavy atom. The minimum atomic E-state index is 0.620. The number of hydrogen-bond acceptors (Lipinski definition) is 2. The molecule has 1 N–H and O–H groups in total. The van der Waals surface area contributed by atoms with Crippen LogP contribution in [0.15, 0.2) is 24.3 Å². The maximum absolute atomic E-state index is 3.38. The second-order valence-electron chi connectivity index (χ2n) is 4.90. The van der Waals surface area contributed by atoms with E-state index in [0.717, 1.165) is 19.6 Å². The molecule has 96 valence electrons. The number of nitrogens with one attached hydrogen (secondary N) is 1. The van der Waals surface area contributed by atoms with Gasteiger partial charge >= 0.3 is 0 Å². The summed E-state index contributed by atoms with van der Waals surface area (Å²) in [5.74, 6) is 0. The van der Waals surface area contributed by atoms with Crippen molar-refractivity contribution in [2.75, 3.05) is 20.1 Å². The van der Waals surface area contributed by atoms with Crippen molar-refractivity contribution in [3.05, 3.63) is 35.4 Å². The van der Waals surface area contributed by atoms with E-state index in [4.69, 9.17) is 0 Å². The Labute approximate surface area is 106 Å². The monoisotopic (exact) mass is 234 g/mol. The molecule has 1 aromatic rings. The van der Waals surface area contributed by atoms with Crippen LogP contribution in [0, 0.1) is 6.92 Å². The van der Waals surface area contributed by atoms with Crippen molar-refractivity contribution in [3.63, 3.8) is 0 Å². The summed E-state index contributed by atoms with van der Waals surface area (Å²) < 4.78 is 0. The number of nitrogens with zero attached hydrogens (tertiary/aromatic N) is 1. The van der Waals surface area contributed by atoms with E-state index in [1.54, 1.807) is 0 Å². The highest BCUT2D eigenvalue weighted by Crippen LogP contribution is 2.10. The van der Waals surface area contributed by atoms with Crippen LogP contribution in [0.5, 0.6) is 0 Å². The molecule has 1 unspecified atom stereocenters. The smallest absolute Gasteiger partial charge is 0.0233 e. The number of hydrogen-bond donors (Lipinski definition) is 1. The van der Waals surface area contributed by atoms with Gasteiger partial charge in [0, 0.05) is 12.6 Å². The maximum Gasteiger partial charge on any atom is 0.0233 e. The van der Waals surface area contributed by atoms with Crippen LogP contribution in [0.1, 0.15) is 31.4 Å². The topological polar surface area (TPSA) is 15.3 Å². The fraction of sp³-hybridized carbons (Fsp3) is 0.600. The van der Waals surface area contributed by atoms with Gasteiger partial charge in [0.1, 0.15) is 0 Å². The van der Waals surface area contributed by atoms with E-state index in [0.29, 0.717) is 6.04 Å². The van der Waals surface area contributed by atoms with Gasteiger partial charge in [-0.15, -0.1) is 0 Å². The highest BCUT2D eigenvalue weighted by molar-refractivity contribution is 5.22. The molecule has 0 heterocycles. The van der Waals surface area contributed by atoms with E-state index < -0.39 is 0 Å². The van der Waals surface area contributed by atoms with Crippen molar-refractivity contribution in [1.29, 1.82) is 0 Å². The molecule has 2 nitrogen and oxygen atoms in total. The first kappa shape index (κ1) is 14.2. The molecule has 0 aromatic heterocycles. The first-order valence-corrected chi connectivity index (χ1v) is 6.60. The molecule has 1 aromatic carbocycles. The first-order chi connectivity index (χ1) is 8.13. The van der Waals surface area contributed by atoms with E-state index in [1.807, 2.05) is 0 Å². The van der Waals surface area contributed by atoms with Gasteiger partial charge in [0.25, 0.3) is 0 Å². The summed E-state index contributed by atoms with van der Waals surface area (Å²) >= 11 is 0. The van der Waals surface area contributed by atoms with Gasteiger partial charge < -0.3 is 5.32 Å². The zero-order chi connectivity index (χ0) is 12.7. The van der Waals surface area contributed by atoms with Gasteiger partial charge in [0.05, 0.1) is 0 Å². The molecule has 0 aliphatic carbocycles. The second kappa shape index (κ2) is 7.46. The Balaban J connectivity index is 2.39. The third kappa shape index (κ3) is 5.33. The van der Waals surface area contributed by atoms with Crippen LogP contribution >= 0.6 is 0 Å². The lowest BCUT2D eigenvalue weighted by atomic mass is 10.1. The van der Waals surface area contributed by atoms with Gasteiger partial charge in [-0.05, 0) is 46.0 Å². The highest BCUT2D eigenvalue weighted by atomic mass is 15.1. The van der Waals surface area contributed by atoms with E-state index >= 15 is 0 Å². The maximum atomic E-state index is 3.38. The molecule has 0 radical (unpaired) electrons. The summed E-state index contributed by atoms with van der Waals surface area (Å²) in [6, 6.07) is 9.39. The number of benzene rings is 1. The van der Waals surface area contributed by atoms with Gasteiger partial charge in [-0.25, -0.2) is 0 Å². The average Bonchev–Trinajstić information content (AvgIpc) is 2.29. The summed E-state index contributed by atoms with van der Waals surface area (Å²) in [6.07, 6.45) is 1.20. The SMILES string of the molecule is CCNCCC(C)N(C)Cc1cccc(C)c1. The predicted molar refractivity (Wildman–Crippen MR) is 75.3 cm³/mol. The molecular formula is C15H26N2. The third-order valence-electron chi connectivity index (χ3n) is 3.26. The van der Waals surface area contributed by atoms with Gasteiger partial charge in [-0.2, -0.15) is 0 Å². The van der Waals surface area contributed by atoms with Crippen LogP contribution in [0.4, 0.5) is 0 Å². The fourth-order valence-electron chi connectivity index (χ4n) is 1.96. The predicted octanol–water partition coefficient (Wildman–Crippen LogP) is 2.81. The van der Waals surface area contributed by atoms with Crippen LogP contribution < -0.4 is 5.32 Å². The second-order valence-corrected chi connectivity index (χ2v) is 4.90. The summed E-state index contributed by atoms with van der Waals surface area (Å²) in [6.45, 7) is 9.81. The van der Waals surface area contributed by atoms with E-state index in [1.165, 1.54) is 17.5 Å². The van der Waals surface area contributed by atoms with E-state index in [-0.39, 0.29) is 0 Å². The normalized spacial score (nSPS) is 13.0. The molecule has 1 rings (SSSR count). The number of rotatable bonds is 7. The first-order valence-electron chi connectivity index (χ1n) is 6.60. The van der Waals surface area contributed by atoms with E-state index in [9.17, 15) is 0 Å². The standard InChI is InChI=1S/C15H26N2/c1-5-16-10-9-14(3)17(4)12-15-8-6-7-13(2)11-15/h6-8,11,14,16H,5,9-10,12H2,1-4H3. The molecule has 0 amide bonds. The van der Waals surface area contributed by atoms with Crippen LogP contribution in [0.2, 0.25) is 0 Å². The molecule has 0 spiro atoms. The molecular weight excluding hydrogens is 208 g/mol. The molecule has 0 bridgehead atoms. The van der Waals surface area contributed by atoms with Gasteiger partial charge in [-0.1, -0.05) is 36.8 Å². The molecule has 0 saturated heterocycles. The van der Waals surface area contributed by atoms with Gasteiger partial charge in [-0.3, -0.25) is 4.90 Å². The molecule has 17 heavy (non-hydrogen) atoms. The van der Waals surface area contributed by atoms with Crippen molar-refractivity contribution in [3.8, 4) is 0 Å². The summed E-state index contributed by atoms with van der Waals surface area (Å²) in [4.78, 5) is 2.42. The fourth-order valence-corrected chi connectivity index (χ4v) is 1.96. The van der Waals surface area contributed by atoms with Crippen molar-refractivity contribution < 1.29 is 0 Å². The highest BCUT2D eigenvalue weighted by Gasteiger charge is 2.08. The van der Waals surface area contributed by atoms with Crippen molar-refractivity contribution >= 4 is 0 Å². The van der Waals surface area contributed by atoms with Crippen LogP contribution in [0.3, 0.4) is 0 Å². The zero-order valence-corrected chi connectivity index (χ0v) is 11.7. The molecule has 1 atom stereocenters. The Morgan fingerprint density at radius 1 is 1.35 bits per heavy atom. The summed E-state index contributed by atoms with van der Waals surface area (Å²) in [5, 5.41) is 3.38. The van der Waals surface area contributed by atoms with Crippen LogP contribution in [0.25, 0.3) is 0 Å². The van der Waals surface area contributed by atoms with Crippen molar-refractivity contribution in [1.82, 2.24) is 10.2 Å². The largest absolute Gasteiger partial charge is 0.317 e. The average molecular weight is 234 g/mol. The zero-order valence-electron chi connectivity index (χ0n) is 11.7. The molecule has 0 aliphatic heterocycles. The van der Waals surface area contributed by atoms with Gasteiger partial charge in [0.15, 0.2) is 0 Å². The number of aryl methyl sites for hydroxylation is 1. The molecule has 2 heteroatoms. The molecule has 0 aliphatic rings. The van der Waals surface area contributed by atoms with Gasteiger partial charge in [0.2, 0.25) is 0 Å². The lowest BCUT2D eigenvalue weighted by Crippen LogP contribution is -2.31. The Kier molecular flexibility index (Phi) is 6.23.